The number of epoxide rings is 1. The van der Waals surface area contributed by atoms with E-state index in [1.54, 1.807) is 34.0 Å². The molecule has 5 heterocycles. The third kappa shape index (κ3) is 7.47. The summed E-state index contributed by atoms with van der Waals surface area (Å²) < 4.78 is 28.1. The molecule has 2 aromatic rings. The highest BCUT2D eigenvalue weighted by molar-refractivity contribution is 5.51. The van der Waals surface area contributed by atoms with Crippen LogP contribution in [0.4, 0.5) is 0 Å². The van der Waals surface area contributed by atoms with Crippen molar-refractivity contribution in [3.05, 3.63) is 58.2 Å². The average molecular weight is 651 g/mol. The zero-order valence-electron chi connectivity index (χ0n) is 28.8. The predicted molar refractivity (Wildman–Crippen MR) is 192 cm³/mol. The fourth-order valence-electron chi connectivity index (χ4n) is 8.50. The molecule has 0 aromatic heterocycles. The molecular formula is C40H62N2O5. The van der Waals surface area contributed by atoms with Crippen molar-refractivity contribution in [2.75, 3.05) is 54.6 Å². The molecule has 2 saturated heterocycles. The molecule has 0 bridgehead atoms. The molecule has 7 rings (SSSR count). The van der Waals surface area contributed by atoms with E-state index in [-0.39, 0.29) is 20.5 Å². The van der Waals surface area contributed by atoms with Gasteiger partial charge in [-0.3, -0.25) is 9.80 Å². The first-order valence-corrected chi connectivity index (χ1v) is 17.0. The zero-order chi connectivity index (χ0) is 31.9. The molecule has 7 heteroatoms. The number of benzene rings is 2. The first kappa shape index (κ1) is 37.1. The largest absolute Gasteiger partial charge is 0.493 e. The normalized spacial score (nSPS) is 25.6. The number of nitrogens with zero attached hydrogens (tertiary/aromatic N) is 2. The van der Waals surface area contributed by atoms with Gasteiger partial charge in [0, 0.05) is 38.3 Å². The summed E-state index contributed by atoms with van der Waals surface area (Å²) in [5.41, 5.74) is 7.39. The molecule has 2 fully saturated rings. The fourth-order valence-corrected chi connectivity index (χ4v) is 8.50. The topological polar surface area (TPSA) is 55.9 Å². The van der Waals surface area contributed by atoms with Crippen LogP contribution in [0.5, 0.6) is 23.0 Å². The molecule has 0 amide bonds. The standard InChI is InChI=1S/C19H27NO3.C19H27NO2.2CH4/c1-12(2)10-19-11-20-6-5-13-7-16(21-3)17(22-4)8-14(13)15(20)9-18(19)23-19;1-13(2)9-14-5-6-17-16-11-19(22-4)18(21-3)10-15(16)7-8-20(17)12-14;;/h7-8,12,15,18H,5-6,9-11H2,1-4H3;5,10-11,13,17H,6-9,12H2,1-4H3;2*1H4/t15-,18?,19?;17-;;/m11../s1. The lowest BCUT2D eigenvalue weighted by molar-refractivity contribution is 0.112. The van der Waals surface area contributed by atoms with E-state index in [1.165, 1.54) is 35.1 Å². The minimum absolute atomic E-state index is 0. The highest BCUT2D eigenvalue weighted by Gasteiger charge is 2.61. The Hall–Kier alpha value is -2.74. The maximum atomic E-state index is 6.19. The van der Waals surface area contributed by atoms with Gasteiger partial charge in [0.05, 0.1) is 34.5 Å². The van der Waals surface area contributed by atoms with E-state index in [0.717, 1.165) is 80.8 Å². The van der Waals surface area contributed by atoms with E-state index in [2.05, 4.69) is 67.8 Å². The van der Waals surface area contributed by atoms with Crippen LogP contribution in [-0.4, -0.2) is 76.1 Å². The third-order valence-electron chi connectivity index (χ3n) is 10.5. The van der Waals surface area contributed by atoms with Gasteiger partial charge in [0.15, 0.2) is 23.0 Å². The molecule has 47 heavy (non-hydrogen) atoms. The zero-order valence-corrected chi connectivity index (χ0v) is 28.8. The van der Waals surface area contributed by atoms with Crippen molar-refractivity contribution in [1.29, 1.82) is 0 Å². The summed E-state index contributed by atoms with van der Waals surface area (Å²) in [5, 5.41) is 0. The Kier molecular flexibility index (Phi) is 12.0. The summed E-state index contributed by atoms with van der Waals surface area (Å²) in [6.45, 7) is 13.6. The molecule has 5 aliphatic heterocycles. The second kappa shape index (κ2) is 15.2. The van der Waals surface area contributed by atoms with Gasteiger partial charge in [0.1, 0.15) is 5.60 Å². The quantitative estimate of drug-likeness (QED) is 0.210. The molecule has 0 aliphatic carbocycles. The fraction of sp³-hybridized carbons (Fsp3) is 0.650. The smallest absolute Gasteiger partial charge is 0.161 e. The second-order valence-corrected chi connectivity index (χ2v) is 14.5. The van der Waals surface area contributed by atoms with Crippen LogP contribution in [-0.2, 0) is 17.6 Å². The molecule has 5 aliphatic rings. The molecule has 0 radical (unpaired) electrons. The highest BCUT2D eigenvalue weighted by Crippen LogP contribution is 2.54. The number of ether oxygens (including phenoxy) is 5. The summed E-state index contributed by atoms with van der Waals surface area (Å²) in [7, 11) is 6.84. The van der Waals surface area contributed by atoms with Crippen molar-refractivity contribution in [3.8, 4) is 23.0 Å². The Labute approximate surface area is 285 Å². The van der Waals surface area contributed by atoms with E-state index in [0.29, 0.717) is 24.1 Å². The lowest BCUT2D eigenvalue weighted by Gasteiger charge is -2.42. The number of fused-ring (bicyclic) bond motifs is 7. The van der Waals surface area contributed by atoms with Crippen LogP contribution in [0.15, 0.2) is 35.9 Å². The van der Waals surface area contributed by atoms with Gasteiger partial charge in [-0.1, -0.05) is 54.2 Å². The lowest BCUT2D eigenvalue weighted by Crippen LogP contribution is -2.47. The maximum Gasteiger partial charge on any atom is 0.161 e. The van der Waals surface area contributed by atoms with E-state index in [4.69, 9.17) is 23.7 Å². The van der Waals surface area contributed by atoms with Gasteiger partial charge < -0.3 is 23.7 Å². The van der Waals surface area contributed by atoms with Crippen molar-refractivity contribution in [1.82, 2.24) is 9.80 Å². The van der Waals surface area contributed by atoms with Crippen LogP contribution < -0.4 is 18.9 Å². The van der Waals surface area contributed by atoms with Crippen LogP contribution in [0, 0.1) is 11.8 Å². The van der Waals surface area contributed by atoms with E-state index in [1.807, 2.05) is 0 Å². The minimum atomic E-state index is 0. The SMILES string of the molecule is C.C.COc1cc2c(cc1OC)[C@H]1CC3OC3(CC(C)C)CN1CC2.COc1cc2c(cc1OC)[C@H]1CC=C(CC(C)C)CN1CC2. The Morgan fingerprint density at radius 3 is 1.81 bits per heavy atom. The monoisotopic (exact) mass is 650 g/mol. The molecule has 2 unspecified atom stereocenters. The van der Waals surface area contributed by atoms with Crippen LogP contribution >= 0.6 is 0 Å². The number of methoxy groups -OCH3 is 4. The maximum absolute atomic E-state index is 6.19. The lowest BCUT2D eigenvalue weighted by atomic mass is 9.81. The van der Waals surface area contributed by atoms with E-state index >= 15 is 0 Å². The summed E-state index contributed by atoms with van der Waals surface area (Å²) in [5.74, 6) is 4.81. The number of rotatable bonds is 8. The average Bonchev–Trinajstić information content (AvgIpc) is 3.73. The summed E-state index contributed by atoms with van der Waals surface area (Å²) in [6, 6.07) is 9.66. The summed E-state index contributed by atoms with van der Waals surface area (Å²) in [6.07, 6.45) is 9.70. The van der Waals surface area contributed by atoms with Gasteiger partial charge in [0.25, 0.3) is 0 Å². The van der Waals surface area contributed by atoms with Gasteiger partial charge >= 0.3 is 0 Å². The second-order valence-electron chi connectivity index (χ2n) is 14.5. The Bertz CT molecular complexity index is 1400. The van der Waals surface area contributed by atoms with Gasteiger partial charge in [-0.2, -0.15) is 0 Å². The summed E-state index contributed by atoms with van der Waals surface area (Å²) >= 11 is 0. The van der Waals surface area contributed by atoms with Gasteiger partial charge in [-0.15, -0.1) is 0 Å². The van der Waals surface area contributed by atoms with Gasteiger partial charge in [-0.25, -0.2) is 0 Å². The number of piperidine rings is 1. The van der Waals surface area contributed by atoms with Crippen molar-refractivity contribution < 1.29 is 23.7 Å². The first-order chi connectivity index (χ1) is 21.7. The molecule has 0 N–H and O–H groups in total. The minimum Gasteiger partial charge on any atom is -0.493 e. The highest BCUT2D eigenvalue weighted by atomic mass is 16.6. The Morgan fingerprint density at radius 1 is 0.745 bits per heavy atom. The number of hydrogen-bond donors (Lipinski definition) is 0. The summed E-state index contributed by atoms with van der Waals surface area (Å²) in [4.78, 5) is 5.26. The number of hydrogen-bond acceptors (Lipinski definition) is 7. The third-order valence-corrected chi connectivity index (χ3v) is 10.5. The predicted octanol–water partition coefficient (Wildman–Crippen LogP) is 8.44. The molecular weight excluding hydrogens is 588 g/mol. The molecule has 7 nitrogen and oxygen atoms in total. The first-order valence-electron chi connectivity index (χ1n) is 17.0. The van der Waals surface area contributed by atoms with Gasteiger partial charge in [0.2, 0.25) is 0 Å². The van der Waals surface area contributed by atoms with Crippen LogP contribution in [0.1, 0.15) is 103 Å². The Morgan fingerprint density at radius 2 is 1.28 bits per heavy atom. The molecule has 0 spiro atoms. The Balaban J connectivity index is 0.000000204. The van der Waals surface area contributed by atoms with E-state index < -0.39 is 0 Å². The van der Waals surface area contributed by atoms with E-state index in [9.17, 15) is 0 Å². The van der Waals surface area contributed by atoms with Crippen molar-refractivity contribution in [2.45, 2.75) is 105 Å². The van der Waals surface area contributed by atoms with Crippen molar-refractivity contribution >= 4 is 0 Å². The van der Waals surface area contributed by atoms with Crippen LogP contribution in [0.2, 0.25) is 0 Å². The molecule has 0 saturated carbocycles. The van der Waals surface area contributed by atoms with Gasteiger partial charge in [-0.05, 0) is 96.9 Å². The van der Waals surface area contributed by atoms with Crippen LogP contribution in [0.3, 0.4) is 0 Å². The van der Waals surface area contributed by atoms with Crippen LogP contribution in [0.25, 0.3) is 0 Å². The molecule has 4 atom stereocenters. The van der Waals surface area contributed by atoms with Crippen molar-refractivity contribution in [3.63, 3.8) is 0 Å². The molecule has 2 aromatic carbocycles. The van der Waals surface area contributed by atoms with Crippen molar-refractivity contribution in [2.24, 2.45) is 11.8 Å². The molecule has 262 valence electrons.